The smallest absolute Gasteiger partial charge is 0.343 e. The van der Waals surface area contributed by atoms with Crippen molar-refractivity contribution < 1.29 is 14.3 Å². The van der Waals surface area contributed by atoms with Gasteiger partial charge in [0.1, 0.15) is 10.9 Å². The Kier molecular flexibility index (Phi) is 4.06. The number of amides is 1. The standard InChI is InChI=1S/C16H13ClN2O3/c17-14-10-11(7-8-18-14)16(21)22-13-5-3-12(4-6-13)19-9-1-2-15(19)20/h3-8,10H,1-2,9H2. The van der Waals surface area contributed by atoms with E-state index in [1.165, 1.54) is 18.3 Å². The van der Waals surface area contributed by atoms with Gasteiger partial charge in [-0.1, -0.05) is 11.6 Å². The van der Waals surface area contributed by atoms with E-state index in [1.807, 2.05) is 0 Å². The van der Waals surface area contributed by atoms with Crippen LogP contribution in [0.1, 0.15) is 23.2 Å². The molecule has 22 heavy (non-hydrogen) atoms. The van der Waals surface area contributed by atoms with Crippen molar-refractivity contribution in [3.05, 3.63) is 53.3 Å². The van der Waals surface area contributed by atoms with Gasteiger partial charge in [-0.15, -0.1) is 0 Å². The molecule has 0 aliphatic carbocycles. The van der Waals surface area contributed by atoms with Crippen molar-refractivity contribution in [3.8, 4) is 5.75 Å². The highest BCUT2D eigenvalue weighted by atomic mass is 35.5. The molecule has 2 aromatic rings. The second-order valence-electron chi connectivity index (χ2n) is 4.90. The summed E-state index contributed by atoms with van der Waals surface area (Å²) < 4.78 is 5.27. The molecule has 1 aliphatic rings. The summed E-state index contributed by atoms with van der Waals surface area (Å²) in [6.07, 6.45) is 2.90. The van der Waals surface area contributed by atoms with Crippen molar-refractivity contribution in [1.82, 2.24) is 4.98 Å². The van der Waals surface area contributed by atoms with Gasteiger partial charge in [0, 0.05) is 24.8 Å². The Morgan fingerprint density at radius 1 is 1.23 bits per heavy atom. The molecule has 0 radical (unpaired) electrons. The van der Waals surface area contributed by atoms with E-state index in [0.717, 1.165) is 18.7 Å². The maximum Gasteiger partial charge on any atom is 0.343 e. The Hall–Kier alpha value is -2.40. The van der Waals surface area contributed by atoms with Gasteiger partial charge >= 0.3 is 5.97 Å². The number of nitrogens with zero attached hydrogens (tertiary/aromatic N) is 2. The van der Waals surface area contributed by atoms with Crippen LogP contribution in [0.15, 0.2) is 42.6 Å². The molecule has 1 aromatic heterocycles. The summed E-state index contributed by atoms with van der Waals surface area (Å²) in [5.74, 6) is 0.0267. The fourth-order valence-corrected chi connectivity index (χ4v) is 2.48. The Labute approximate surface area is 132 Å². The van der Waals surface area contributed by atoms with E-state index in [9.17, 15) is 9.59 Å². The molecule has 0 atom stereocenters. The zero-order valence-electron chi connectivity index (χ0n) is 11.7. The van der Waals surface area contributed by atoms with Crippen molar-refractivity contribution >= 4 is 29.2 Å². The van der Waals surface area contributed by atoms with E-state index < -0.39 is 5.97 Å². The number of pyridine rings is 1. The number of hydrogen-bond acceptors (Lipinski definition) is 4. The Morgan fingerprint density at radius 2 is 2.00 bits per heavy atom. The lowest BCUT2D eigenvalue weighted by Gasteiger charge is -2.15. The minimum absolute atomic E-state index is 0.121. The first-order valence-electron chi connectivity index (χ1n) is 6.88. The normalized spacial score (nSPS) is 14.2. The van der Waals surface area contributed by atoms with E-state index in [0.29, 0.717) is 17.7 Å². The van der Waals surface area contributed by atoms with E-state index >= 15 is 0 Å². The second kappa shape index (κ2) is 6.15. The van der Waals surface area contributed by atoms with Gasteiger partial charge in [-0.05, 0) is 42.8 Å². The van der Waals surface area contributed by atoms with Crippen LogP contribution in [0.3, 0.4) is 0 Å². The highest BCUT2D eigenvalue weighted by Crippen LogP contribution is 2.24. The zero-order chi connectivity index (χ0) is 15.5. The highest BCUT2D eigenvalue weighted by Gasteiger charge is 2.21. The van der Waals surface area contributed by atoms with Crippen LogP contribution >= 0.6 is 11.6 Å². The molecule has 5 nitrogen and oxygen atoms in total. The summed E-state index contributed by atoms with van der Waals surface area (Å²) in [4.78, 5) is 29.2. The molecule has 1 aromatic carbocycles. The van der Waals surface area contributed by atoms with Crippen molar-refractivity contribution in [3.63, 3.8) is 0 Å². The molecule has 0 bridgehead atoms. The van der Waals surface area contributed by atoms with Crippen LogP contribution in [-0.4, -0.2) is 23.4 Å². The van der Waals surface area contributed by atoms with Gasteiger partial charge in [-0.2, -0.15) is 0 Å². The van der Waals surface area contributed by atoms with E-state index in [1.54, 1.807) is 29.2 Å². The lowest BCUT2D eigenvalue weighted by atomic mass is 10.2. The molecule has 0 unspecified atom stereocenters. The largest absolute Gasteiger partial charge is 0.423 e. The number of benzene rings is 1. The summed E-state index contributed by atoms with van der Waals surface area (Å²) in [5.41, 5.74) is 1.15. The summed E-state index contributed by atoms with van der Waals surface area (Å²) >= 11 is 5.74. The van der Waals surface area contributed by atoms with Crippen molar-refractivity contribution in [2.45, 2.75) is 12.8 Å². The van der Waals surface area contributed by atoms with Gasteiger partial charge in [0.25, 0.3) is 0 Å². The van der Waals surface area contributed by atoms with Crippen LogP contribution in [0.5, 0.6) is 5.75 Å². The fraction of sp³-hybridized carbons (Fsp3) is 0.188. The molecular formula is C16H13ClN2O3. The number of carbonyl (C=O) groups excluding carboxylic acids is 2. The van der Waals surface area contributed by atoms with Crippen molar-refractivity contribution in [1.29, 1.82) is 0 Å². The molecule has 112 valence electrons. The summed E-state index contributed by atoms with van der Waals surface area (Å²) in [6, 6.07) is 9.85. The maximum atomic E-state index is 12.0. The Bertz CT molecular complexity index is 716. The lowest BCUT2D eigenvalue weighted by Crippen LogP contribution is -2.23. The van der Waals surface area contributed by atoms with Crippen LogP contribution in [0.25, 0.3) is 0 Å². The van der Waals surface area contributed by atoms with Crippen LogP contribution in [0.2, 0.25) is 5.15 Å². The first-order chi connectivity index (χ1) is 10.6. The number of rotatable bonds is 3. The number of halogens is 1. The van der Waals surface area contributed by atoms with Crippen LogP contribution in [0, 0.1) is 0 Å². The number of hydrogen-bond donors (Lipinski definition) is 0. The molecule has 3 rings (SSSR count). The Balaban J connectivity index is 1.71. The van der Waals surface area contributed by atoms with E-state index in [4.69, 9.17) is 16.3 Å². The first-order valence-corrected chi connectivity index (χ1v) is 7.25. The number of aromatic nitrogens is 1. The Morgan fingerprint density at radius 3 is 2.64 bits per heavy atom. The minimum Gasteiger partial charge on any atom is -0.423 e. The van der Waals surface area contributed by atoms with Crippen LogP contribution in [-0.2, 0) is 4.79 Å². The van der Waals surface area contributed by atoms with Gasteiger partial charge in [-0.3, -0.25) is 4.79 Å². The van der Waals surface area contributed by atoms with Gasteiger partial charge in [0.15, 0.2) is 0 Å². The van der Waals surface area contributed by atoms with E-state index in [2.05, 4.69) is 4.98 Å². The number of carbonyl (C=O) groups is 2. The molecule has 1 amide bonds. The third-order valence-electron chi connectivity index (χ3n) is 3.39. The fourth-order valence-electron chi connectivity index (χ4n) is 2.31. The summed E-state index contributed by atoms with van der Waals surface area (Å²) in [6.45, 7) is 0.730. The maximum absolute atomic E-state index is 12.0. The molecule has 0 N–H and O–H groups in total. The SMILES string of the molecule is O=C(Oc1ccc(N2CCCC2=O)cc1)c1ccnc(Cl)c1. The molecule has 0 spiro atoms. The van der Waals surface area contributed by atoms with Gasteiger partial charge in [0.05, 0.1) is 5.56 Å². The van der Waals surface area contributed by atoms with Crippen molar-refractivity contribution in [2.24, 2.45) is 0 Å². The number of ether oxygens (including phenoxy) is 1. The molecule has 2 heterocycles. The summed E-state index contributed by atoms with van der Waals surface area (Å²) in [7, 11) is 0. The van der Waals surface area contributed by atoms with Gasteiger partial charge in [0.2, 0.25) is 5.91 Å². The van der Waals surface area contributed by atoms with Crippen LogP contribution < -0.4 is 9.64 Å². The molecular weight excluding hydrogens is 304 g/mol. The van der Waals surface area contributed by atoms with Crippen molar-refractivity contribution in [2.75, 3.05) is 11.4 Å². The van der Waals surface area contributed by atoms with E-state index in [-0.39, 0.29) is 11.1 Å². The quantitative estimate of drug-likeness (QED) is 0.496. The minimum atomic E-state index is -0.505. The predicted octanol–water partition coefficient (Wildman–Crippen LogP) is 3.08. The monoisotopic (exact) mass is 316 g/mol. The number of anilines is 1. The van der Waals surface area contributed by atoms with Gasteiger partial charge in [-0.25, -0.2) is 9.78 Å². The predicted molar refractivity (Wildman–Crippen MR) is 82.2 cm³/mol. The average Bonchev–Trinajstić information content (AvgIpc) is 2.94. The second-order valence-corrected chi connectivity index (χ2v) is 5.29. The third-order valence-corrected chi connectivity index (χ3v) is 3.60. The molecule has 1 aliphatic heterocycles. The van der Waals surface area contributed by atoms with Crippen LogP contribution in [0.4, 0.5) is 5.69 Å². The third kappa shape index (κ3) is 3.09. The highest BCUT2D eigenvalue weighted by molar-refractivity contribution is 6.29. The molecule has 1 fully saturated rings. The zero-order valence-corrected chi connectivity index (χ0v) is 12.4. The number of esters is 1. The summed E-state index contributed by atoms with van der Waals surface area (Å²) in [5, 5.41) is 0.234. The molecule has 0 saturated carbocycles. The van der Waals surface area contributed by atoms with Gasteiger partial charge < -0.3 is 9.64 Å². The molecule has 6 heteroatoms. The first kappa shape index (κ1) is 14.5. The lowest BCUT2D eigenvalue weighted by molar-refractivity contribution is -0.117. The topological polar surface area (TPSA) is 59.5 Å². The average molecular weight is 317 g/mol. The molecule has 1 saturated heterocycles.